The number of hydrogen-bond donors (Lipinski definition) is 0. The van der Waals surface area contributed by atoms with Crippen LogP contribution in [-0.2, 0) is 14.8 Å². The van der Waals surface area contributed by atoms with Crippen molar-refractivity contribution in [2.24, 2.45) is 0 Å². The lowest BCUT2D eigenvalue weighted by atomic mass is 10.2. The third kappa shape index (κ3) is 4.00. The number of carbonyl (C=O) groups is 1. The van der Waals surface area contributed by atoms with Crippen molar-refractivity contribution in [3.63, 3.8) is 0 Å². The van der Waals surface area contributed by atoms with E-state index >= 15 is 0 Å². The maximum Gasteiger partial charge on any atom is 0.243 e. The minimum Gasteiger partial charge on any atom is -0.341 e. The second-order valence-corrected chi connectivity index (χ2v) is 8.98. The normalized spacial score (nSPS) is 21.4. The number of hydrogen-bond acceptors (Lipinski definition) is 4. The first-order valence-corrected chi connectivity index (χ1v) is 10.5. The zero-order chi connectivity index (χ0) is 18.0. The molecule has 0 bridgehead atoms. The molecule has 0 N–H and O–H groups in total. The SMILES string of the molecule is C[C@H](C(=O)N1CCCC1)N1CCN(S(=O)(=O)c2ccc(Cl)cc2)CC1. The number of carbonyl (C=O) groups excluding carboxylic acids is 1. The molecule has 1 atom stereocenters. The van der Waals surface area contributed by atoms with Crippen molar-refractivity contribution in [2.45, 2.75) is 30.7 Å². The van der Waals surface area contributed by atoms with Crippen molar-refractivity contribution in [3.05, 3.63) is 29.3 Å². The van der Waals surface area contributed by atoms with Crippen LogP contribution in [0.3, 0.4) is 0 Å². The molecule has 0 unspecified atom stereocenters. The monoisotopic (exact) mass is 385 g/mol. The van der Waals surface area contributed by atoms with Crippen LogP contribution in [0.1, 0.15) is 19.8 Å². The molecule has 0 aromatic heterocycles. The maximum absolute atomic E-state index is 12.7. The number of nitrogens with zero attached hydrogens (tertiary/aromatic N) is 3. The van der Waals surface area contributed by atoms with E-state index in [1.54, 1.807) is 12.1 Å². The summed E-state index contributed by atoms with van der Waals surface area (Å²) in [6.07, 6.45) is 2.15. The predicted octanol–water partition coefficient (Wildman–Crippen LogP) is 1.66. The van der Waals surface area contributed by atoms with Crippen LogP contribution in [0.2, 0.25) is 5.02 Å². The number of likely N-dealkylation sites (tertiary alicyclic amines) is 1. The van der Waals surface area contributed by atoms with Crippen molar-refractivity contribution in [3.8, 4) is 0 Å². The highest BCUT2D eigenvalue weighted by Gasteiger charge is 2.33. The molecule has 0 radical (unpaired) electrons. The van der Waals surface area contributed by atoms with Crippen LogP contribution in [-0.4, -0.2) is 73.7 Å². The predicted molar refractivity (Wildman–Crippen MR) is 97.1 cm³/mol. The Morgan fingerprint density at radius 2 is 1.56 bits per heavy atom. The van der Waals surface area contributed by atoms with Gasteiger partial charge in [0.2, 0.25) is 15.9 Å². The summed E-state index contributed by atoms with van der Waals surface area (Å²) >= 11 is 5.83. The number of sulfonamides is 1. The average molecular weight is 386 g/mol. The minimum absolute atomic E-state index is 0.159. The van der Waals surface area contributed by atoms with Gasteiger partial charge in [-0.3, -0.25) is 9.69 Å². The smallest absolute Gasteiger partial charge is 0.243 e. The maximum atomic E-state index is 12.7. The van der Waals surface area contributed by atoms with Crippen molar-refractivity contribution >= 4 is 27.5 Å². The molecular weight excluding hydrogens is 362 g/mol. The highest BCUT2D eigenvalue weighted by atomic mass is 35.5. The lowest BCUT2D eigenvalue weighted by Gasteiger charge is -2.37. The Kier molecular flexibility index (Phi) is 5.68. The van der Waals surface area contributed by atoms with E-state index in [2.05, 4.69) is 4.90 Å². The first-order chi connectivity index (χ1) is 11.9. The number of amides is 1. The van der Waals surface area contributed by atoms with Gasteiger partial charge >= 0.3 is 0 Å². The molecule has 8 heteroatoms. The summed E-state index contributed by atoms with van der Waals surface area (Å²) in [4.78, 5) is 16.8. The Balaban J connectivity index is 1.61. The highest BCUT2D eigenvalue weighted by molar-refractivity contribution is 7.89. The fourth-order valence-corrected chi connectivity index (χ4v) is 4.99. The van der Waals surface area contributed by atoms with Gasteiger partial charge in [-0.1, -0.05) is 11.6 Å². The molecule has 25 heavy (non-hydrogen) atoms. The molecule has 1 amide bonds. The molecule has 2 fully saturated rings. The lowest BCUT2D eigenvalue weighted by Crippen LogP contribution is -2.55. The average Bonchev–Trinajstić information content (AvgIpc) is 3.15. The molecule has 1 aromatic carbocycles. The van der Waals surface area contributed by atoms with Gasteiger partial charge in [-0.15, -0.1) is 0 Å². The second-order valence-electron chi connectivity index (χ2n) is 6.60. The molecule has 0 spiro atoms. The van der Waals surface area contributed by atoms with Crippen LogP contribution in [0.25, 0.3) is 0 Å². The molecule has 1 aromatic rings. The fourth-order valence-electron chi connectivity index (χ4n) is 3.44. The summed E-state index contributed by atoms with van der Waals surface area (Å²) in [6, 6.07) is 6.04. The van der Waals surface area contributed by atoms with E-state index < -0.39 is 10.0 Å². The zero-order valence-corrected chi connectivity index (χ0v) is 16.0. The van der Waals surface area contributed by atoms with Gasteiger partial charge in [-0.05, 0) is 44.0 Å². The van der Waals surface area contributed by atoms with Gasteiger partial charge in [-0.25, -0.2) is 8.42 Å². The van der Waals surface area contributed by atoms with E-state index in [9.17, 15) is 13.2 Å². The van der Waals surface area contributed by atoms with E-state index in [1.807, 2.05) is 11.8 Å². The van der Waals surface area contributed by atoms with Crippen LogP contribution >= 0.6 is 11.6 Å². The first-order valence-electron chi connectivity index (χ1n) is 8.68. The summed E-state index contributed by atoms with van der Waals surface area (Å²) in [5, 5.41) is 0.512. The van der Waals surface area contributed by atoms with Gasteiger partial charge in [-0.2, -0.15) is 4.31 Å². The van der Waals surface area contributed by atoms with Gasteiger partial charge in [0.05, 0.1) is 10.9 Å². The number of rotatable bonds is 4. The molecule has 6 nitrogen and oxygen atoms in total. The summed E-state index contributed by atoms with van der Waals surface area (Å²) in [5.41, 5.74) is 0. The Morgan fingerprint density at radius 3 is 2.12 bits per heavy atom. The van der Waals surface area contributed by atoms with E-state index in [0.29, 0.717) is 31.2 Å². The molecule has 2 aliphatic heterocycles. The largest absolute Gasteiger partial charge is 0.341 e. The summed E-state index contributed by atoms with van der Waals surface area (Å²) < 4.78 is 26.9. The Labute approximate surface area is 154 Å². The number of piperazine rings is 1. The molecule has 2 aliphatic rings. The van der Waals surface area contributed by atoms with Crippen molar-refractivity contribution in [1.82, 2.24) is 14.1 Å². The standard InChI is InChI=1S/C17H24ClN3O3S/c1-14(17(22)20-8-2-3-9-20)19-10-12-21(13-11-19)25(23,24)16-6-4-15(18)5-7-16/h4-7,14H,2-3,8-13H2,1H3/t14-/m1/s1. The summed E-state index contributed by atoms with van der Waals surface area (Å²) in [6.45, 7) is 5.51. The third-order valence-corrected chi connectivity index (χ3v) is 7.21. The van der Waals surface area contributed by atoms with Gasteiger partial charge in [0, 0.05) is 44.3 Å². The molecular formula is C17H24ClN3O3S. The number of benzene rings is 1. The Morgan fingerprint density at radius 1 is 1.00 bits per heavy atom. The van der Waals surface area contributed by atoms with Crippen molar-refractivity contribution < 1.29 is 13.2 Å². The van der Waals surface area contributed by atoms with Crippen LogP contribution in [0, 0.1) is 0 Å². The first kappa shape index (κ1) is 18.6. The van der Waals surface area contributed by atoms with Gasteiger partial charge in [0.25, 0.3) is 0 Å². The van der Waals surface area contributed by atoms with E-state index in [4.69, 9.17) is 11.6 Å². The summed E-state index contributed by atoms with van der Waals surface area (Å²) in [7, 11) is -3.51. The molecule has 0 aliphatic carbocycles. The van der Waals surface area contributed by atoms with E-state index in [1.165, 1.54) is 16.4 Å². The van der Waals surface area contributed by atoms with Gasteiger partial charge < -0.3 is 4.90 Å². The molecule has 2 heterocycles. The van der Waals surface area contributed by atoms with E-state index in [-0.39, 0.29) is 16.8 Å². The van der Waals surface area contributed by atoms with Crippen LogP contribution in [0.5, 0.6) is 0 Å². The second kappa shape index (κ2) is 7.61. The minimum atomic E-state index is -3.51. The van der Waals surface area contributed by atoms with Gasteiger partial charge in [0.15, 0.2) is 0 Å². The van der Waals surface area contributed by atoms with Crippen molar-refractivity contribution in [2.75, 3.05) is 39.3 Å². The molecule has 0 saturated carbocycles. The molecule has 3 rings (SSSR count). The van der Waals surface area contributed by atoms with Crippen LogP contribution in [0.4, 0.5) is 0 Å². The Bertz CT molecular complexity index is 709. The zero-order valence-electron chi connectivity index (χ0n) is 14.4. The lowest BCUT2D eigenvalue weighted by molar-refractivity contribution is -0.135. The molecule has 2 saturated heterocycles. The van der Waals surface area contributed by atoms with Crippen LogP contribution < -0.4 is 0 Å². The highest BCUT2D eigenvalue weighted by Crippen LogP contribution is 2.21. The van der Waals surface area contributed by atoms with Crippen LogP contribution in [0.15, 0.2) is 29.2 Å². The topological polar surface area (TPSA) is 60.9 Å². The fraction of sp³-hybridized carbons (Fsp3) is 0.588. The summed E-state index contributed by atoms with van der Waals surface area (Å²) in [5.74, 6) is 0.159. The van der Waals surface area contributed by atoms with E-state index in [0.717, 1.165) is 25.9 Å². The number of halogens is 1. The van der Waals surface area contributed by atoms with Crippen molar-refractivity contribution in [1.29, 1.82) is 0 Å². The Hall–Kier alpha value is -1.15. The molecule has 138 valence electrons. The third-order valence-electron chi connectivity index (χ3n) is 5.05. The quantitative estimate of drug-likeness (QED) is 0.790. The van der Waals surface area contributed by atoms with Gasteiger partial charge in [0.1, 0.15) is 0 Å².